The minimum absolute atomic E-state index is 0.0978. The number of aromatic nitrogens is 1. The number of amides is 1. The Hall–Kier alpha value is -1.44. The average molecular weight is 353 g/mol. The second-order valence-corrected chi connectivity index (χ2v) is 5.75. The number of carbonyl (C=O) groups excluding carboxylic acids is 1. The van der Waals surface area contributed by atoms with Crippen molar-refractivity contribution in [3.05, 3.63) is 16.7 Å². The molecule has 0 aliphatic heterocycles. The topological polar surface area (TPSA) is 60.5 Å². The summed E-state index contributed by atoms with van der Waals surface area (Å²) >= 11 is 3.17. The molecule has 1 N–H and O–H groups in total. The van der Waals surface area contributed by atoms with Crippen molar-refractivity contribution in [1.82, 2.24) is 4.98 Å². The first kappa shape index (κ1) is 16.6. The molecule has 8 heteroatoms. The zero-order valence-electron chi connectivity index (χ0n) is 11.2. The van der Waals surface area contributed by atoms with E-state index in [0.29, 0.717) is 4.47 Å². The number of pyridine rings is 1. The Bertz CT molecular complexity index is 478. The third-order valence-electron chi connectivity index (χ3n) is 1.80. The molecule has 5 nitrogen and oxygen atoms in total. The van der Waals surface area contributed by atoms with Gasteiger partial charge in [-0.3, -0.25) is 5.32 Å². The Morgan fingerprint density at radius 2 is 2.15 bits per heavy atom. The van der Waals surface area contributed by atoms with E-state index in [-0.39, 0.29) is 11.6 Å². The zero-order valence-corrected chi connectivity index (χ0v) is 12.8. The molecule has 0 unspecified atom stereocenters. The third-order valence-corrected chi connectivity index (χ3v) is 2.23. The molecule has 0 aliphatic rings. The lowest BCUT2D eigenvalue weighted by atomic mass is 10.2. The van der Waals surface area contributed by atoms with E-state index in [1.807, 2.05) is 0 Å². The van der Waals surface area contributed by atoms with Crippen molar-refractivity contribution in [2.24, 2.45) is 0 Å². The van der Waals surface area contributed by atoms with Crippen molar-refractivity contribution in [1.29, 1.82) is 0 Å². The minimum atomic E-state index is -2.63. The summed E-state index contributed by atoms with van der Waals surface area (Å²) in [4.78, 5) is 15.5. The highest BCUT2D eigenvalue weighted by molar-refractivity contribution is 9.10. The zero-order chi connectivity index (χ0) is 15.3. The molecular formula is C12H15BrF2N2O3. The van der Waals surface area contributed by atoms with E-state index in [9.17, 15) is 13.6 Å². The average Bonchev–Trinajstić information content (AvgIpc) is 2.24. The van der Waals surface area contributed by atoms with Crippen LogP contribution in [0.5, 0.6) is 5.88 Å². The fraction of sp³-hybridized carbons (Fsp3) is 0.500. The van der Waals surface area contributed by atoms with E-state index in [2.05, 4.69) is 26.2 Å². The van der Waals surface area contributed by atoms with Crippen molar-refractivity contribution in [3.8, 4) is 5.88 Å². The Morgan fingerprint density at radius 3 is 2.70 bits per heavy atom. The van der Waals surface area contributed by atoms with E-state index in [1.54, 1.807) is 20.8 Å². The second-order valence-electron chi connectivity index (χ2n) is 4.84. The monoisotopic (exact) mass is 352 g/mol. The molecule has 1 amide bonds. The van der Waals surface area contributed by atoms with Crippen molar-refractivity contribution in [3.63, 3.8) is 0 Å². The highest BCUT2D eigenvalue weighted by Crippen LogP contribution is 2.26. The van der Waals surface area contributed by atoms with Crippen molar-refractivity contribution < 1.29 is 23.0 Å². The van der Waals surface area contributed by atoms with Crippen LogP contribution in [0.3, 0.4) is 0 Å². The molecule has 0 atom stereocenters. The maximum atomic E-state index is 12.1. The van der Waals surface area contributed by atoms with Crippen LogP contribution in [-0.2, 0) is 4.74 Å². The fourth-order valence-corrected chi connectivity index (χ4v) is 1.52. The van der Waals surface area contributed by atoms with Crippen molar-refractivity contribution in [2.75, 3.05) is 11.9 Å². The van der Waals surface area contributed by atoms with Crippen LogP contribution in [0.25, 0.3) is 0 Å². The summed E-state index contributed by atoms with van der Waals surface area (Å²) in [6.45, 7) is 4.32. The molecule has 0 aromatic carbocycles. The van der Waals surface area contributed by atoms with E-state index in [4.69, 9.17) is 9.47 Å². The van der Waals surface area contributed by atoms with Gasteiger partial charge in [-0.05, 0) is 42.8 Å². The molecule has 0 fully saturated rings. The highest BCUT2D eigenvalue weighted by Gasteiger charge is 2.18. The minimum Gasteiger partial charge on any atom is -0.470 e. The van der Waals surface area contributed by atoms with Crippen LogP contribution in [0.15, 0.2) is 16.7 Å². The summed E-state index contributed by atoms with van der Waals surface area (Å²) in [5, 5.41) is 2.41. The van der Waals surface area contributed by atoms with Gasteiger partial charge in [0.2, 0.25) is 5.88 Å². The van der Waals surface area contributed by atoms with Gasteiger partial charge in [0.25, 0.3) is 6.43 Å². The first-order valence-corrected chi connectivity index (χ1v) is 6.53. The van der Waals surface area contributed by atoms with Crippen molar-refractivity contribution in [2.45, 2.75) is 32.8 Å². The summed E-state index contributed by atoms with van der Waals surface area (Å²) in [6.07, 6.45) is -1.98. The van der Waals surface area contributed by atoms with Gasteiger partial charge in [-0.1, -0.05) is 0 Å². The Balaban J connectivity index is 2.81. The van der Waals surface area contributed by atoms with Crippen LogP contribution in [0.2, 0.25) is 0 Å². The molecule has 1 aromatic heterocycles. The number of hydrogen-bond donors (Lipinski definition) is 1. The molecule has 20 heavy (non-hydrogen) atoms. The Kier molecular flexibility index (Phi) is 5.67. The molecule has 0 saturated carbocycles. The summed E-state index contributed by atoms with van der Waals surface area (Å²) in [7, 11) is 0. The van der Waals surface area contributed by atoms with Gasteiger partial charge in [-0.25, -0.2) is 18.6 Å². The number of alkyl halides is 2. The molecule has 1 aromatic rings. The van der Waals surface area contributed by atoms with Gasteiger partial charge >= 0.3 is 6.09 Å². The lowest BCUT2D eigenvalue weighted by Crippen LogP contribution is -2.27. The highest BCUT2D eigenvalue weighted by atomic mass is 79.9. The molecule has 0 radical (unpaired) electrons. The third kappa shape index (κ3) is 6.14. The Labute approximate surface area is 123 Å². The van der Waals surface area contributed by atoms with E-state index >= 15 is 0 Å². The summed E-state index contributed by atoms with van der Waals surface area (Å²) < 4.78 is 34.7. The van der Waals surface area contributed by atoms with Crippen LogP contribution in [0.1, 0.15) is 20.8 Å². The number of nitrogens with zero attached hydrogens (tertiary/aromatic N) is 1. The molecule has 112 valence electrons. The van der Waals surface area contributed by atoms with Crippen LogP contribution in [0.4, 0.5) is 19.3 Å². The molecule has 1 rings (SSSR count). The van der Waals surface area contributed by atoms with Gasteiger partial charge in [0.05, 0.1) is 0 Å². The lowest BCUT2D eigenvalue weighted by Gasteiger charge is -2.20. The normalized spacial score (nSPS) is 11.3. The quantitative estimate of drug-likeness (QED) is 0.894. The summed E-state index contributed by atoms with van der Waals surface area (Å²) in [6, 6.07) is 1.48. The fourth-order valence-electron chi connectivity index (χ4n) is 1.19. The van der Waals surface area contributed by atoms with Crippen LogP contribution in [0, 0.1) is 0 Å². The first-order valence-electron chi connectivity index (χ1n) is 5.74. The van der Waals surface area contributed by atoms with E-state index in [1.165, 1.54) is 12.3 Å². The Morgan fingerprint density at radius 1 is 1.50 bits per heavy atom. The van der Waals surface area contributed by atoms with E-state index in [0.717, 1.165) is 0 Å². The van der Waals surface area contributed by atoms with Gasteiger partial charge in [-0.2, -0.15) is 0 Å². The predicted molar refractivity (Wildman–Crippen MR) is 73.3 cm³/mol. The molecular weight excluding hydrogens is 338 g/mol. The lowest BCUT2D eigenvalue weighted by molar-refractivity contribution is 0.0633. The SMILES string of the molecule is CC(C)(C)OC(=O)Nc1cc(Br)cnc1OCC(F)F. The molecule has 1 heterocycles. The van der Waals surface area contributed by atoms with Gasteiger partial charge in [0.15, 0.2) is 6.61 Å². The largest absolute Gasteiger partial charge is 0.470 e. The number of halogens is 3. The van der Waals surface area contributed by atoms with Crippen LogP contribution < -0.4 is 10.1 Å². The second kappa shape index (κ2) is 6.83. The molecule has 0 saturated heterocycles. The summed E-state index contributed by atoms with van der Waals surface area (Å²) in [5.41, 5.74) is -0.526. The van der Waals surface area contributed by atoms with Gasteiger partial charge in [-0.15, -0.1) is 0 Å². The number of rotatable bonds is 4. The van der Waals surface area contributed by atoms with Crippen molar-refractivity contribution >= 4 is 27.7 Å². The van der Waals surface area contributed by atoms with Crippen LogP contribution in [-0.4, -0.2) is 29.7 Å². The maximum Gasteiger partial charge on any atom is 0.412 e. The van der Waals surface area contributed by atoms with Gasteiger partial charge < -0.3 is 9.47 Å². The van der Waals surface area contributed by atoms with Gasteiger partial charge in [0, 0.05) is 10.7 Å². The number of hydrogen-bond acceptors (Lipinski definition) is 4. The standard InChI is InChI=1S/C12H15BrF2N2O3/c1-12(2,3)20-11(18)17-8-4-7(13)5-16-10(8)19-6-9(14)15/h4-5,9H,6H2,1-3H3,(H,17,18). The summed E-state index contributed by atoms with van der Waals surface area (Å²) in [5.74, 6) is -0.0978. The molecule has 0 spiro atoms. The predicted octanol–water partition coefficient (Wildman–Crippen LogP) is 3.84. The number of carbonyl (C=O) groups is 1. The number of anilines is 1. The number of ether oxygens (including phenoxy) is 2. The van der Waals surface area contributed by atoms with Gasteiger partial charge in [0.1, 0.15) is 11.3 Å². The first-order chi connectivity index (χ1) is 9.17. The van der Waals surface area contributed by atoms with Crippen LogP contribution >= 0.6 is 15.9 Å². The smallest absolute Gasteiger partial charge is 0.412 e. The number of nitrogens with one attached hydrogen (secondary N) is 1. The molecule has 0 aliphatic carbocycles. The molecule has 0 bridgehead atoms. The maximum absolute atomic E-state index is 12.1. The van der Waals surface area contributed by atoms with E-state index < -0.39 is 24.7 Å².